The number of rotatable bonds is 10. The predicted molar refractivity (Wildman–Crippen MR) is 161 cm³/mol. The van der Waals surface area contributed by atoms with E-state index in [4.69, 9.17) is 18.9 Å². The molecule has 3 aromatic rings. The third-order valence-corrected chi connectivity index (χ3v) is 7.78. The van der Waals surface area contributed by atoms with Crippen LogP contribution in [0.3, 0.4) is 0 Å². The number of halogens is 1. The highest BCUT2D eigenvalue weighted by molar-refractivity contribution is 9.10. The van der Waals surface area contributed by atoms with Crippen LogP contribution in [-0.4, -0.2) is 50.0 Å². The van der Waals surface area contributed by atoms with Crippen LogP contribution in [0.2, 0.25) is 0 Å². The molecule has 1 aliphatic rings. The van der Waals surface area contributed by atoms with Gasteiger partial charge in [-0.25, -0.2) is 14.6 Å². The van der Waals surface area contributed by atoms with Gasteiger partial charge in [-0.15, -0.1) is 0 Å². The summed E-state index contributed by atoms with van der Waals surface area (Å²) in [6.07, 6.45) is 1.57. The summed E-state index contributed by atoms with van der Waals surface area (Å²) in [6.45, 7) is 7.16. The lowest BCUT2D eigenvalue weighted by Gasteiger charge is -2.26. The van der Waals surface area contributed by atoms with E-state index < -0.39 is 18.0 Å². The molecule has 0 spiro atoms. The Morgan fingerprint density at radius 2 is 1.90 bits per heavy atom. The smallest absolute Gasteiger partial charge is 0.343 e. The number of esters is 2. The Hall–Kier alpha value is -3.90. The maximum atomic E-state index is 14.0. The lowest BCUT2D eigenvalue weighted by atomic mass is 9.95. The molecule has 12 heteroatoms. The number of hydrogen-bond donors (Lipinski definition) is 0. The second kappa shape index (κ2) is 13.4. The molecule has 0 saturated carbocycles. The number of nitrogens with zero attached hydrogens (tertiary/aromatic N) is 2. The van der Waals surface area contributed by atoms with E-state index in [1.165, 1.54) is 30.1 Å². The molecule has 1 aliphatic heterocycles. The average Bonchev–Trinajstić information content (AvgIpc) is 3.25. The Bertz CT molecular complexity index is 1720. The Morgan fingerprint density at radius 1 is 1.17 bits per heavy atom. The van der Waals surface area contributed by atoms with Crippen LogP contribution < -0.4 is 29.1 Å². The van der Waals surface area contributed by atoms with Gasteiger partial charge in [-0.2, -0.15) is 0 Å². The number of allylic oxidation sites excluding steroid dienone is 1. The van der Waals surface area contributed by atoms with Gasteiger partial charge in [0.25, 0.3) is 5.56 Å². The first kappa shape index (κ1) is 31.0. The molecule has 10 nitrogen and oxygen atoms in total. The standard InChI is InChI=1S/C30H31BrN2O8S/c1-7-39-29(36)25-17(4)32-30-33(26(25)19-10-8-9-11-21(19)41-16(2)3)28(35)23(42-30)14-18-12-20(31)27(22(13-18)37-5)40-15-24(34)38-6/h8-14,16,26H,7,15H2,1-6H3/b23-14+/t26-/m0/s1. The number of para-hydroxylation sites is 1. The molecule has 0 bridgehead atoms. The van der Waals surface area contributed by atoms with E-state index in [9.17, 15) is 14.4 Å². The zero-order chi connectivity index (χ0) is 30.6. The normalized spacial score (nSPS) is 14.8. The second-order valence-electron chi connectivity index (χ2n) is 9.41. The molecular formula is C30H31BrN2O8S. The summed E-state index contributed by atoms with van der Waals surface area (Å²) < 4.78 is 29.6. The molecule has 0 saturated heterocycles. The number of fused-ring (bicyclic) bond motifs is 1. The van der Waals surface area contributed by atoms with E-state index in [2.05, 4.69) is 25.7 Å². The molecule has 0 unspecified atom stereocenters. The van der Waals surface area contributed by atoms with Crippen LogP contribution in [0.1, 0.15) is 44.9 Å². The summed E-state index contributed by atoms with van der Waals surface area (Å²) in [4.78, 5) is 43.9. The van der Waals surface area contributed by atoms with Crippen molar-refractivity contribution in [3.63, 3.8) is 0 Å². The summed E-state index contributed by atoms with van der Waals surface area (Å²) >= 11 is 4.67. The summed E-state index contributed by atoms with van der Waals surface area (Å²) in [5.74, 6) is 0.137. The molecule has 42 heavy (non-hydrogen) atoms. The lowest BCUT2D eigenvalue weighted by molar-refractivity contribution is -0.143. The summed E-state index contributed by atoms with van der Waals surface area (Å²) in [6, 6.07) is 9.95. The van der Waals surface area contributed by atoms with Crippen molar-refractivity contribution in [1.82, 2.24) is 4.57 Å². The summed E-state index contributed by atoms with van der Waals surface area (Å²) in [5.41, 5.74) is 1.68. The van der Waals surface area contributed by atoms with Gasteiger partial charge in [0.15, 0.2) is 22.9 Å². The summed E-state index contributed by atoms with van der Waals surface area (Å²) in [7, 11) is 2.75. The van der Waals surface area contributed by atoms with Crippen molar-refractivity contribution in [2.24, 2.45) is 4.99 Å². The number of methoxy groups -OCH3 is 2. The number of benzene rings is 2. The van der Waals surface area contributed by atoms with Crippen LogP contribution in [0.25, 0.3) is 6.08 Å². The Labute approximate surface area is 255 Å². The summed E-state index contributed by atoms with van der Waals surface area (Å²) in [5, 5.41) is 0. The van der Waals surface area contributed by atoms with Gasteiger partial charge in [-0.1, -0.05) is 29.5 Å². The van der Waals surface area contributed by atoms with E-state index in [-0.39, 0.29) is 30.5 Å². The number of ether oxygens (including phenoxy) is 5. The average molecular weight is 660 g/mol. The van der Waals surface area contributed by atoms with Crippen molar-refractivity contribution < 1.29 is 33.3 Å². The molecule has 222 valence electrons. The van der Waals surface area contributed by atoms with E-state index in [0.29, 0.717) is 47.9 Å². The first-order chi connectivity index (χ1) is 20.1. The van der Waals surface area contributed by atoms with Crippen molar-refractivity contribution in [3.05, 3.63) is 83.0 Å². The highest BCUT2D eigenvalue weighted by Crippen LogP contribution is 2.38. The number of carbonyl (C=O) groups is 2. The fourth-order valence-corrected chi connectivity index (χ4v) is 6.08. The molecule has 2 aromatic carbocycles. The van der Waals surface area contributed by atoms with Crippen molar-refractivity contribution in [1.29, 1.82) is 0 Å². The fourth-order valence-electron chi connectivity index (χ4n) is 4.46. The van der Waals surface area contributed by atoms with Gasteiger partial charge < -0.3 is 23.7 Å². The molecule has 0 aliphatic carbocycles. The highest BCUT2D eigenvalue weighted by Gasteiger charge is 2.35. The van der Waals surface area contributed by atoms with Gasteiger partial charge in [0.05, 0.1) is 47.2 Å². The third-order valence-electron chi connectivity index (χ3n) is 6.20. The largest absolute Gasteiger partial charge is 0.493 e. The lowest BCUT2D eigenvalue weighted by Crippen LogP contribution is -2.40. The zero-order valence-corrected chi connectivity index (χ0v) is 26.5. The molecule has 0 amide bonds. The van der Waals surface area contributed by atoms with Crippen molar-refractivity contribution in [2.45, 2.75) is 39.8 Å². The minimum Gasteiger partial charge on any atom is -0.493 e. The van der Waals surface area contributed by atoms with E-state index >= 15 is 0 Å². The van der Waals surface area contributed by atoms with E-state index in [0.717, 1.165) is 0 Å². The quantitative estimate of drug-likeness (QED) is 0.301. The molecule has 1 atom stereocenters. The van der Waals surface area contributed by atoms with Gasteiger partial charge in [-0.3, -0.25) is 9.36 Å². The van der Waals surface area contributed by atoms with Crippen LogP contribution >= 0.6 is 27.3 Å². The van der Waals surface area contributed by atoms with Gasteiger partial charge in [0.1, 0.15) is 11.8 Å². The molecule has 0 N–H and O–H groups in total. The maximum Gasteiger partial charge on any atom is 0.343 e. The first-order valence-electron chi connectivity index (χ1n) is 13.1. The Morgan fingerprint density at radius 3 is 2.57 bits per heavy atom. The molecule has 0 fully saturated rings. The Kier molecular flexibility index (Phi) is 9.89. The number of aromatic nitrogens is 1. The maximum absolute atomic E-state index is 14.0. The van der Waals surface area contributed by atoms with Gasteiger partial charge in [-0.05, 0) is 73.5 Å². The van der Waals surface area contributed by atoms with Crippen LogP contribution in [0.4, 0.5) is 0 Å². The van der Waals surface area contributed by atoms with E-state index in [1.54, 1.807) is 32.1 Å². The molecule has 1 aromatic heterocycles. The zero-order valence-electron chi connectivity index (χ0n) is 24.1. The van der Waals surface area contributed by atoms with Gasteiger partial charge in [0.2, 0.25) is 0 Å². The number of carbonyl (C=O) groups excluding carboxylic acids is 2. The first-order valence-corrected chi connectivity index (χ1v) is 14.7. The van der Waals surface area contributed by atoms with Crippen molar-refractivity contribution in [2.75, 3.05) is 27.4 Å². The SMILES string of the molecule is CCOC(=O)C1=C(C)N=c2s/c(=C/c3cc(Br)c(OCC(=O)OC)c(OC)c3)c(=O)n2[C@H]1c1ccccc1OC(C)C. The van der Waals surface area contributed by atoms with Crippen LogP contribution in [0.5, 0.6) is 17.2 Å². The van der Waals surface area contributed by atoms with Crippen LogP contribution in [0, 0.1) is 0 Å². The minimum atomic E-state index is -0.812. The van der Waals surface area contributed by atoms with Gasteiger partial charge in [0, 0.05) is 5.56 Å². The molecule has 2 heterocycles. The molecule has 4 rings (SSSR count). The van der Waals surface area contributed by atoms with Crippen molar-refractivity contribution in [3.8, 4) is 17.2 Å². The van der Waals surface area contributed by atoms with Crippen LogP contribution in [-0.2, 0) is 19.1 Å². The van der Waals surface area contributed by atoms with E-state index in [1.807, 2.05) is 38.1 Å². The molecule has 0 radical (unpaired) electrons. The minimum absolute atomic E-state index is 0.133. The highest BCUT2D eigenvalue weighted by atomic mass is 79.9. The van der Waals surface area contributed by atoms with Crippen LogP contribution in [0.15, 0.2) is 61.9 Å². The number of hydrogen-bond acceptors (Lipinski definition) is 10. The van der Waals surface area contributed by atoms with Crippen molar-refractivity contribution >= 4 is 45.3 Å². The fraction of sp³-hybridized carbons (Fsp3) is 0.333. The third kappa shape index (κ3) is 6.44. The topological polar surface area (TPSA) is 115 Å². The second-order valence-corrected chi connectivity index (χ2v) is 11.3. The monoisotopic (exact) mass is 658 g/mol. The van der Waals surface area contributed by atoms with Gasteiger partial charge >= 0.3 is 11.9 Å². The number of thiazole rings is 1. The molecular weight excluding hydrogens is 628 g/mol. The predicted octanol–water partition coefficient (Wildman–Crippen LogP) is 3.91. The Balaban J connectivity index is 1.89.